The first-order valence-electron chi connectivity index (χ1n) is 6.48. The summed E-state index contributed by atoms with van der Waals surface area (Å²) < 4.78 is 0. The number of nitro groups is 1. The second kappa shape index (κ2) is 6.15. The lowest BCUT2D eigenvalue weighted by atomic mass is 10.1. The maximum Gasteiger partial charge on any atom is 0.272 e. The highest BCUT2D eigenvalue weighted by Crippen LogP contribution is 2.22. The van der Waals surface area contributed by atoms with Gasteiger partial charge in [-0.25, -0.2) is 0 Å². The monoisotopic (exact) mass is 290 g/mol. The zero-order chi connectivity index (χ0) is 14.7. The van der Waals surface area contributed by atoms with Crippen LogP contribution in [0, 0.1) is 30.9 Å². The molecule has 106 valence electrons. The average Bonchev–Trinajstić information content (AvgIpc) is 2.69. The van der Waals surface area contributed by atoms with Gasteiger partial charge in [-0.1, -0.05) is 12.1 Å². The van der Waals surface area contributed by atoms with E-state index < -0.39 is 0 Å². The molecule has 0 bridgehead atoms. The topological polar surface area (TPSA) is 55.2 Å². The highest BCUT2D eigenvalue weighted by atomic mass is 32.1. The van der Waals surface area contributed by atoms with Gasteiger partial charge in [0.25, 0.3) is 5.69 Å². The molecule has 1 heterocycles. The van der Waals surface area contributed by atoms with E-state index in [0.717, 1.165) is 17.7 Å². The number of aryl methyl sites for hydroxylation is 2. The molecule has 2 rings (SSSR count). The minimum Gasteiger partial charge on any atom is -0.309 e. The van der Waals surface area contributed by atoms with Crippen LogP contribution in [0.1, 0.15) is 26.4 Å². The molecule has 20 heavy (non-hydrogen) atoms. The third-order valence-electron chi connectivity index (χ3n) is 3.39. The van der Waals surface area contributed by atoms with E-state index in [2.05, 4.69) is 25.2 Å². The molecule has 0 amide bonds. The van der Waals surface area contributed by atoms with E-state index in [0.29, 0.717) is 6.54 Å². The standard InChI is InChI=1S/C15H18N2O2S/c1-10-7-14(12(3)20-10)9-16-8-13-5-4-6-15(11(13)2)17(18)19/h4-7,16H,8-9H2,1-3H3. The fourth-order valence-corrected chi connectivity index (χ4v) is 3.20. The normalized spacial score (nSPS) is 10.8. The van der Waals surface area contributed by atoms with Crippen LogP contribution in [0.5, 0.6) is 0 Å². The van der Waals surface area contributed by atoms with Crippen LogP contribution in [0.4, 0.5) is 5.69 Å². The van der Waals surface area contributed by atoms with Crippen molar-refractivity contribution in [2.24, 2.45) is 0 Å². The van der Waals surface area contributed by atoms with Gasteiger partial charge >= 0.3 is 0 Å². The Morgan fingerprint density at radius 3 is 2.50 bits per heavy atom. The molecule has 0 saturated heterocycles. The second-order valence-corrected chi connectivity index (χ2v) is 6.32. The van der Waals surface area contributed by atoms with Crippen molar-refractivity contribution < 1.29 is 4.92 Å². The van der Waals surface area contributed by atoms with E-state index in [1.165, 1.54) is 15.3 Å². The van der Waals surface area contributed by atoms with E-state index >= 15 is 0 Å². The van der Waals surface area contributed by atoms with E-state index in [-0.39, 0.29) is 10.6 Å². The molecule has 1 aromatic carbocycles. The Labute approximate surface area is 122 Å². The van der Waals surface area contributed by atoms with Crippen molar-refractivity contribution in [1.29, 1.82) is 0 Å². The molecule has 0 radical (unpaired) electrons. The van der Waals surface area contributed by atoms with Crippen LogP contribution in [0.3, 0.4) is 0 Å². The van der Waals surface area contributed by atoms with Gasteiger partial charge in [-0.2, -0.15) is 0 Å². The molecule has 0 atom stereocenters. The van der Waals surface area contributed by atoms with Gasteiger partial charge in [-0.3, -0.25) is 10.1 Å². The summed E-state index contributed by atoms with van der Waals surface area (Å²) in [5.41, 5.74) is 3.20. The summed E-state index contributed by atoms with van der Waals surface area (Å²) in [6.45, 7) is 7.45. The lowest BCUT2D eigenvalue weighted by molar-refractivity contribution is -0.385. The van der Waals surface area contributed by atoms with Crippen molar-refractivity contribution in [3.05, 3.63) is 60.8 Å². The number of nitro benzene ring substituents is 1. The van der Waals surface area contributed by atoms with Crippen molar-refractivity contribution in [3.8, 4) is 0 Å². The van der Waals surface area contributed by atoms with Crippen molar-refractivity contribution in [3.63, 3.8) is 0 Å². The molecule has 2 aromatic rings. The Balaban J connectivity index is 2.03. The Morgan fingerprint density at radius 1 is 1.20 bits per heavy atom. The summed E-state index contributed by atoms with van der Waals surface area (Å²) in [7, 11) is 0. The number of hydrogen-bond donors (Lipinski definition) is 1. The molecule has 0 aliphatic heterocycles. The lowest BCUT2D eigenvalue weighted by Crippen LogP contribution is -2.14. The Morgan fingerprint density at radius 2 is 1.90 bits per heavy atom. The fourth-order valence-electron chi connectivity index (χ4n) is 2.25. The molecule has 1 N–H and O–H groups in total. The molecule has 0 saturated carbocycles. The van der Waals surface area contributed by atoms with Gasteiger partial charge in [0.2, 0.25) is 0 Å². The fraction of sp³-hybridized carbons (Fsp3) is 0.333. The largest absolute Gasteiger partial charge is 0.309 e. The zero-order valence-corrected chi connectivity index (χ0v) is 12.7. The molecule has 5 heteroatoms. The molecule has 0 aliphatic carbocycles. The van der Waals surface area contributed by atoms with Crippen molar-refractivity contribution in [1.82, 2.24) is 5.32 Å². The van der Waals surface area contributed by atoms with Crippen molar-refractivity contribution >= 4 is 17.0 Å². The Bertz CT molecular complexity index is 635. The van der Waals surface area contributed by atoms with Gasteiger partial charge in [-0.15, -0.1) is 11.3 Å². The summed E-state index contributed by atoms with van der Waals surface area (Å²) in [4.78, 5) is 13.2. The van der Waals surface area contributed by atoms with Crippen LogP contribution >= 0.6 is 11.3 Å². The minimum absolute atomic E-state index is 0.187. The molecule has 0 spiro atoms. The molecule has 0 unspecified atom stereocenters. The van der Waals surface area contributed by atoms with Gasteiger partial charge in [0, 0.05) is 34.5 Å². The molecular weight excluding hydrogens is 272 g/mol. The molecule has 0 aliphatic rings. The number of benzene rings is 1. The Hall–Kier alpha value is -1.72. The third kappa shape index (κ3) is 3.23. The summed E-state index contributed by atoms with van der Waals surface area (Å²) in [6, 6.07) is 7.40. The van der Waals surface area contributed by atoms with Gasteiger partial charge in [-0.05, 0) is 38.0 Å². The second-order valence-electron chi connectivity index (χ2n) is 4.86. The summed E-state index contributed by atoms with van der Waals surface area (Å²) in [6.07, 6.45) is 0. The average molecular weight is 290 g/mol. The maximum atomic E-state index is 10.9. The highest BCUT2D eigenvalue weighted by Gasteiger charge is 2.12. The van der Waals surface area contributed by atoms with Gasteiger partial charge in [0.15, 0.2) is 0 Å². The van der Waals surface area contributed by atoms with E-state index in [1.807, 2.05) is 6.07 Å². The first-order chi connectivity index (χ1) is 9.49. The summed E-state index contributed by atoms with van der Waals surface area (Å²) in [5, 5.41) is 14.3. The number of nitrogens with zero attached hydrogens (tertiary/aromatic N) is 1. The predicted octanol–water partition coefficient (Wildman–Crippen LogP) is 3.87. The molecule has 0 fully saturated rings. The van der Waals surface area contributed by atoms with Gasteiger partial charge in [0.05, 0.1) is 4.92 Å². The van der Waals surface area contributed by atoms with Crippen LogP contribution in [0.15, 0.2) is 24.3 Å². The molecule has 1 aromatic heterocycles. The predicted molar refractivity (Wildman–Crippen MR) is 82.2 cm³/mol. The van der Waals surface area contributed by atoms with Crippen molar-refractivity contribution in [2.75, 3.05) is 0 Å². The van der Waals surface area contributed by atoms with E-state index in [1.54, 1.807) is 30.4 Å². The van der Waals surface area contributed by atoms with Crippen LogP contribution in [0.2, 0.25) is 0 Å². The van der Waals surface area contributed by atoms with E-state index in [9.17, 15) is 10.1 Å². The lowest BCUT2D eigenvalue weighted by Gasteiger charge is -2.08. The number of rotatable bonds is 5. The zero-order valence-electron chi connectivity index (χ0n) is 11.9. The first-order valence-corrected chi connectivity index (χ1v) is 7.30. The van der Waals surface area contributed by atoms with E-state index in [4.69, 9.17) is 0 Å². The van der Waals surface area contributed by atoms with Crippen LogP contribution in [-0.2, 0) is 13.1 Å². The van der Waals surface area contributed by atoms with Crippen LogP contribution in [0.25, 0.3) is 0 Å². The molecule has 4 nitrogen and oxygen atoms in total. The van der Waals surface area contributed by atoms with Crippen LogP contribution < -0.4 is 5.32 Å². The summed E-state index contributed by atoms with van der Waals surface area (Å²) >= 11 is 1.80. The number of hydrogen-bond acceptors (Lipinski definition) is 4. The smallest absolute Gasteiger partial charge is 0.272 e. The third-order valence-corrected chi connectivity index (χ3v) is 4.40. The summed E-state index contributed by atoms with van der Waals surface area (Å²) in [5.74, 6) is 0. The quantitative estimate of drug-likeness (QED) is 0.671. The van der Waals surface area contributed by atoms with Crippen LogP contribution in [-0.4, -0.2) is 4.92 Å². The van der Waals surface area contributed by atoms with Gasteiger partial charge < -0.3 is 5.32 Å². The first kappa shape index (κ1) is 14.7. The minimum atomic E-state index is -0.328. The van der Waals surface area contributed by atoms with Crippen molar-refractivity contribution in [2.45, 2.75) is 33.9 Å². The number of nitrogens with one attached hydrogen (secondary N) is 1. The number of thiophene rings is 1. The SMILES string of the molecule is Cc1cc(CNCc2cccc([N+](=O)[O-])c2C)c(C)s1. The van der Waals surface area contributed by atoms with Gasteiger partial charge in [0.1, 0.15) is 0 Å². The maximum absolute atomic E-state index is 10.9. The molecular formula is C15H18N2O2S. The highest BCUT2D eigenvalue weighted by molar-refractivity contribution is 7.12. The Kier molecular flexibility index (Phi) is 4.52.